The SMILES string of the molecule is COc1ccccc1C(=O)N(Cc1ccco1)C1CCOCC1. The molecule has 3 rings (SSSR count). The van der Waals surface area contributed by atoms with Gasteiger partial charge in [0.1, 0.15) is 11.5 Å². The van der Waals surface area contributed by atoms with Gasteiger partial charge in [-0.1, -0.05) is 12.1 Å². The fraction of sp³-hybridized carbons (Fsp3) is 0.389. The lowest BCUT2D eigenvalue weighted by Gasteiger charge is -2.34. The molecule has 0 N–H and O–H groups in total. The molecule has 0 spiro atoms. The zero-order valence-corrected chi connectivity index (χ0v) is 13.2. The van der Waals surface area contributed by atoms with E-state index in [0.29, 0.717) is 31.1 Å². The predicted molar refractivity (Wildman–Crippen MR) is 85.4 cm³/mol. The summed E-state index contributed by atoms with van der Waals surface area (Å²) in [5.74, 6) is 1.33. The molecule has 0 atom stereocenters. The first-order chi connectivity index (χ1) is 11.3. The third-order valence-electron chi connectivity index (χ3n) is 4.14. The highest BCUT2D eigenvalue weighted by Gasteiger charge is 2.28. The van der Waals surface area contributed by atoms with E-state index in [-0.39, 0.29) is 11.9 Å². The summed E-state index contributed by atoms with van der Waals surface area (Å²) in [5, 5.41) is 0. The maximum Gasteiger partial charge on any atom is 0.258 e. The fourth-order valence-electron chi connectivity index (χ4n) is 2.91. The molecule has 1 aliphatic rings. The van der Waals surface area contributed by atoms with Gasteiger partial charge in [0.25, 0.3) is 5.91 Å². The van der Waals surface area contributed by atoms with E-state index in [2.05, 4.69) is 0 Å². The lowest BCUT2D eigenvalue weighted by atomic mass is 10.0. The number of benzene rings is 1. The average Bonchev–Trinajstić information content (AvgIpc) is 3.13. The van der Waals surface area contributed by atoms with Crippen LogP contribution < -0.4 is 4.74 Å². The van der Waals surface area contributed by atoms with Crippen molar-refractivity contribution in [2.75, 3.05) is 20.3 Å². The van der Waals surface area contributed by atoms with Crippen LogP contribution in [0.4, 0.5) is 0 Å². The number of nitrogens with zero attached hydrogens (tertiary/aromatic N) is 1. The topological polar surface area (TPSA) is 51.9 Å². The van der Waals surface area contributed by atoms with Gasteiger partial charge in [-0.3, -0.25) is 4.79 Å². The van der Waals surface area contributed by atoms with Crippen LogP contribution in [0.15, 0.2) is 47.1 Å². The molecule has 0 radical (unpaired) electrons. The molecule has 1 saturated heterocycles. The van der Waals surface area contributed by atoms with Gasteiger partial charge < -0.3 is 18.8 Å². The minimum Gasteiger partial charge on any atom is -0.496 e. The third kappa shape index (κ3) is 3.56. The number of furan rings is 1. The Morgan fingerprint density at radius 1 is 1.22 bits per heavy atom. The zero-order chi connectivity index (χ0) is 16.1. The molecule has 0 aliphatic carbocycles. The zero-order valence-electron chi connectivity index (χ0n) is 13.2. The van der Waals surface area contributed by atoms with Crippen LogP contribution in [0.1, 0.15) is 29.0 Å². The van der Waals surface area contributed by atoms with E-state index in [1.54, 1.807) is 19.4 Å². The molecule has 1 amide bonds. The maximum absolute atomic E-state index is 13.1. The molecule has 1 fully saturated rings. The van der Waals surface area contributed by atoms with Crippen molar-refractivity contribution in [3.8, 4) is 5.75 Å². The summed E-state index contributed by atoms with van der Waals surface area (Å²) in [6.07, 6.45) is 3.30. The fourth-order valence-corrected chi connectivity index (χ4v) is 2.91. The monoisotopic (exact) mass is 315 g/mol. The van der Waals surface area contributed by atoms with Gasteiger partial charge in [-0.25, -0.2) is 0 Å². The molecule has 0 saturated carbocycles. The molecule has 23 heavy (non-hydrogen) atoms. The van der Waals surface area contributed by atoms with E-state index in [9.17, 15) is 4.79 Å². The normalized spacial score (nSPS) is 15.3. The van der Waals surface area contributed by atoms with Crippen LogP contribution in [0, 0.1) is 0 Å². The number of amides is 1. The van der Waals surface area contributed by atoms with Crippen molar-refractivity contribution in [1.29, 1.82) is 0 Å². The largest absolute Gasteiger partial charge is 0.496 e. The Hall–Kier alpha value is -2.27. The van der Waals surface area contributed by atoms with Gasteiger partial charge in [-0.05, 0) is 37.1 Å². The summed E-state index contributed by atoms with van der Waals surface area (Å²) in [6.45, 7) is 1.81. The van der Waals surface area contributed by atoms with Crippen LogP contribution in [0.5, 0.6) is 5.75 Å². The number of hydrogen-bond donors (Lipinski definition) is 0. The summed E-state index contributed by atoms with van der Waals surface area (Å²) in [7, 11) is 1.58. The van der Waals surface area contributed by atoms with E-state index in [1.807, 2.05) is 35.2 Å². The van der Waals surface area contributed by atoms with Crippen LogP contribution in [0.2, 0.25) is 0 Å². The van der Waals surface area contributed by atoms with Crippen LogP contribution in [0.3, 0.4) is 0 Å². The highest BCUT2D eigenvalue weighted by atomic mass is 16.5. The van der Waals surface area contributed by atoms with Crippen LogP contribution in [0.25, 0.3) is 0 Å². The number of carbonyl (C=O) groups is 1. The molecular weight excluding hydrogens is 294 g/mol. The minimum atomic E-state index is -0.0363. The lowest BCUT2D eigenvalue weighted by Crippen LogP contribution is -2.43. The summed E-state index contributed by atoms with van der Waals surface area (Å²) in [6, 6.07) is 11.2. The highest BCUT2D eigenvalue weighted by molar-refractivity contribution is 5.97. The Labute approximate surface area is 135 Å². The molecule has 5 nitrogen and oxygen atoms in total. The first kappa shape index (κ1) is 15.6. The molecule has 5 heteroatoms. The standard InChI is InChI=1S/C18H21NO4/c1-21-17-7-3-2-6-16(17)18(20)19(13-15-5-4-10-23-15)14-8-11-22-12-9-14/h2-7,10,14H,8-9,11-13H2,1H3. The molecule has 1 aromatic carbocycles. The second kappa shape index (κ2) is 7.33. The second-order valence-corrected chi connectivity index (χ2v) is 5.56. The Morgan fingerprint density at radius 3 is 2.70 bits per heavy atom. The maximum atomic E-state index is 13.1. The van der Waals surface area contributed by atoms with Gasteiger partial charge in [-0.15, -0.1) is 0 Å². The first-order valence-electron chi connectivity index (χ1n) is 7.83. The quantitative estimate of drug-likeness (QED) is 0.851. The molecule has 1 aliphatic heterocycles. The molecule has 122 valence electrons. The van der Waals surface area contributed by atoms with Gasteiger partial charge in [0.05, 0.1) is 25.5 Å². The Balaban J connectivity index is 1.88. The smallest absolute Gasteiger partial charge is 0.258 e. The number of hydrogen-bond acceptors (Lipinski definition) is 4. The Kier molecular flexibility index (Phi) is 4.98. The van der Waals surface area contributed by atoms with E-state index in [0.717, 1.165) is 18.6 Å². The van der Waals surface area contributed by atoms with E-state index in [1.165, 1.54) is 0 Å². The van der Waals surface area contributed by atoms with Crippen molar-refractivity contribution in [2.24, 2.45) is 0 Å². The van der Waals surface area contributed by atoms with Gasteiger partial charge in [-0.2, -0.15) is 0 Å². The van der Waals surface area contributed by atoms with Crippen molar-refractivity contribution < 1.29 is 18.7 Å². The van der Waals surface area contributed by atoms with Crippen LogP contribution >= 0.6 is 0 Å². The summed E-state index contributed by atoms with van der Waals surface area (Å²) in [5.41, 5.74) is 0.577. The molecular formula is C18H21NO4. The summed E-state index contributed by atoms with van der Waals surface area (Å²) >= 11 is 0. The van der Waals surface area contributed by atoms with Crippen molar-refractivity contribution >= 4 is 5.91 Å². The number of methoxy groups -OCH3 is 1. The lowest BCUT2D eigenvalue weighted by molar-refractivity contribution is 0.0248. The van der Waals surface area contributed by atoms with Crippen LogP contribution in [-0.2, 0) is 11.3 Å². The first-order valence-corrected chi connectivity index (χ1v) is 7.83. The van der Waals surface area contributed by atoms with Gasteiger partial charge in [0, 0.05) is 19.3 Å². The van der Waals surface area contributed by atoms with Gasteiger partial charge in [0.2, 0.25) is 0 Å². The predicted octanol–water partition coefficient (Wildman–Crippen LogP) is 3.11. The van der Waals surface area contributed by atoms with Gasteiger partial charge >= 0.3 is 0 Å². The van der Waals surface area contributed by atoms with Gasteiger partial charge in [0.15, 0.2) is 0 Å². The van der Waals surface area contributed by atoms with Crippen molar-refractivity contribution in [3.05, 3.63) is 54.0 Å². The number of carbonyl (C=O) groups excluding carboxylic acids is 1. The Bertz CT molecular complexity index is 632. The summed E-state index contributed by atoms with van der Waals surface area (Å²) in [4.78, 5) is 15.0. The molecule has 1 aromatic heterocycles. The van der Waals surface area contributed by atoms with E-state index in [4.69, 9.17) is 13.9 Å². The number of rotatable bonds is 5. The average molecular weight is 315 g/mol. The second-order valence-electron chi connectivity index (χ2n) is 5.56. The Morgan fingerprint density at radius 2 is 2.00 bits per heavy atom. The molecule has 2 aromatic rings. The highest BCUT2D eigenvalue weighted by Crippen LogP contribution is 2.25. The number of para-hydroxylation sites is 1. The van der Waals surface area contributed by atoms with E-state index >= 15 is 0 Å². The third-order valence-corrected chi connectivity index (χ3v) is 4.14. The van der Waals surface area contributed by atoms with Crippen molar-refractivity contribution in [2.45, 2.75) is 25.4 Å². The molecule has 2 heterocycles. The summed E-state index contributed by atoms with van der Waals surface area (Å²) < 4.78 is 16.2. The van der Waals surface area contributed by atoms with Crippen LogP contribution in [-0.4, -0.2) is 37.2 Å². The molecule has 0 unspecified atom stereocenters. The van der Waals surface area contributed by atoms with E-state index < -0.39 is 0 Å². The minimum absolute atomic E-state index is 0.0363. The van der Waals surface area contributed by atoms with Crippen molar-refractivity contribution in [3.63, 3.8) is 0 Å². The number of ether oxygens (including phenoxy) is 2. The van der Waals surface area contributed by atoms with Crippen molar-refractivity contribution in [1.82, 2.24) is 4.90 Å². The molecule has 0 bridgehead atoms.